The van der Waals surface area contributed by atoms with Crippen LogP contribution in [0.2, 0.25) is 0 Å². The molecule has 0 spiro atoms. The third-order valence-electron chi connectivity index (χ3n) is 3.79. The monoisotopic (exact) mass is 381 g/mol. The fraction of sp³-hybridized carbons (Fsp3) is 0.263. The van der Waals surface area contributed by atoms with Gasteiger partial charge in [0.2, 0.25) is 11.8 Å². The maximum absolute atomic E-state index is 12.4. The van der Waals surface area contributed by atoms with Crippen molar-refractivity contribution in [1.82, 2.24) is 15.1 Å². The van der Waals surface area contributed by atoms with Gasteiger partial charge < -0.3 is 9.73 Å². The van der Waals surface area contributed by atoms with Crippen LogP contribution in [0.1, 0.15) is 24.8 Å². The van der Waals surface area contributed by atoms with E-state index in [0.29, 0.717) is 36.1 Å². The number of anilines is 1. The van der Waals surface area contributed by atoms with Crippen molar-refractivity contribution < 1.29 is 9.21 Å². The van der Waals surface area contributed by atoms with Crippen LogP contribution in [0.15, 0.2) is 46.2 Å². The van der Waals surface area contributed by atoms with E-state index in [1.807, 2.05) is 29.3 Å². The largest absolute Gasteiger partial charge is 0.419 e. The van der Waals surface area contributed by atoms with Crippen LogP contribution in [0.25, 0.3) is 10.8 Å². The Labute approximate surface area is 161 Å². The van der Waals surface area contributed by atoms with E-state index in [1.165, 1.54) is 11.3 Å². The molecule has 138 valence electrons. The van der Waals surface area contributed by atoms with E-state index in [-0.39, 0.29) is 12.5 Å². The summed E-state index contributed by atoms with van der Waals surface area (Å²) in [4.78, 5) is 15.3. The molecule has 1 aromatic carbocycles. The molecular weight excluding hydrogens is 362 g/mol. The lowest BCUT2D eigenvalue weighted by atomic mass is 10.2. The highest BCUT2D eigenvalue weighted by molar-refractivity contribution is 7.13. The fourth-order valence-corrected chi connectivity index (χ4v) is 3.27. The standard InChI is InChI=1S/C19H19N5O2S/c1-2-9-24(12-17(25)21-15-7-4-3-6-14(15)11-20)13-18-22-23-19(26-18)16-8-5-10-27-16/h3-8,10H,2,9,12-13H2,1H3,(H,21,25). The number of carbonyl (C=O) groups is 1. The molecule has 0 fully saturated rings. The summed E-state index contributed by atoms with van der Waals surface area (Å²) in [5.74, 6) is 0.769. The van der Waals surface area contributed by atoms with Gasteiger partial charge in [0.1, 0.15) is 6.07 Å². The Bertz CT molecular complexity index is 930. The molecule has 0 aliphatic heterocycles. The maximum atomic E-state index is 12.4. The Kier molecular flexibility index (Phi) is 6.30. The Morgan fingerprint density at radius 3 is 2.89 bits per heavy atom. The van der Waals surface area contributed by atoms with Crippen molar-refractivity contribution in [3.63, 3.8) is 0 Å². The zero-order valence-electron chi connectivity index (χ0n) is 14.9. The number of thiophene rings is 1. The topological polar surface area (TPSA) is 95.1 Å². The lowest BCUT2D eigenvalue weighted by Gasteiger charge is -2.19. The highest BCUT2D eigenvalue weighted by Gasteiger charge is 2.16. The number of nitriles is 1. The van der Waals surface area contributed by atoms with Crippen molar-refractivity contribution in [1.29, 1.82) is 5.26 Å². The molecule has 0 radical (unpaired) electrons. The predicted octanol–water partition coefficient (Wildman–Crippen LogP) is 3.52. The van der Waals surface area contributed by atoms with Crippen molar-refractivity contribution in [2.75, 3.05) is 18.4 Å². The van der Waals surface area contributed by atoms with Crippen molar-refractivity contribution in [2.45, 2.75) is 19.9 Å². The molecule has 3 rings (SSSR count). The van der Waals surface area contributed by atoms with E-state index in [1.54, 1.807) is 24.3 Å². The van der Waals surface area contributed by atoms with Gasteiger partial charge in [0.15, 0.2) is 0 Å². The first-order chi connectivity index (χ1) is 13.2. The molecular formula is C19H19N5O2S. The molecule has 7 nitrogen and oxygen atoms in total. The van der Waals surface area contributed by atoms with Crippen molar-refractivity contribution in [3.8, 4) is 16.8 Å². The minimum absolute atomic E-state index is 0.171. The Balaban J connectivity index is 1.63. The predicted molar refractivity (Wildman–Crippen MR) is 103 cm³/mol. The highest BCUT2D eigenvalue weighted by atomic mass is 32.1. The average molecular weight is 381 g/mol. The zero-order valence-corrected chi connectivity index (χ0v) is 15.7. The number of nitrogens with zero attached hydrogens (tertiary/aromatic N) is 4. The summed E-state index contributed by atoms with van der Waals surface area (Å²) in [6.07, 6.45) is 0.883. The molecule has 0 aliphatic carbocycles. The van der Waals surface area contributed by atoms with E-state index in [9.17, 15) is 4.79 Å². The van der Waals surface area contributed by atoms with Crippen LogP contribution in [0.5, 0.6) is 0 Å². The summed E-state index contributed by atoms with van der Waals surface area (Å²) in [5.41, 5.74) is 0.949. The second kappa shape index (κ2) is 9.07. The summed E-state index contributed by atoms with van der Waals surface area (Å²) in [5, 5.41) is 22.0. The van der Waals surface area contributed by atoms with Crippen LogP contribution in [-0.2, 0) is 11.3 Å². The second-order valence-corrected chi connectivity index (χ2v) is 6.84. The highest BCUT2D eigenvalue weighted by Crippen LogP contribution is 2.23. The molecule has 2 heterocycles. The van der Waals surface area contributed by atoms with Gasteiger partial charge in [0.25, 0.3) is 5.89 Å². The van der Waals surface area contributed by atoms with Crippen LogP contribution in [0, 0.1) is 11.3 Å². The zero-order chi connectivity index (χ0) is 19.1. The molecule has 0 unspecified atom stereocenters. The van der Waals surface area contributed by atoms with E-state index < -0.39 is 0 Å². The third kappa shape index (κ3) is 5.00. The molecule has 27 heavy (non-hydrogen) atoms. The van der Waals surface area contributed by atoms with Gasteiger partial charge in [-0.25, -0.2) is 0 Å². The summed E-state index contributed by atoms with van der Waals surface area (Å²) < 4.78 is 5.71. The molecule has 8 heteroatoms. The maximum Gasteiger partial charge on any atom is 0.257 e. The minimum atomic E-state index is -0.191. The summed E-state index contributed by atoms with van der Waals surface area (Å²) >= 11 is 1.53. The molecule has 0 aliphatic rings. The van der Waals surface area contributed by atoms with Crippen molar-refractivity contribution in [2.24, 2.45) is 0 Å². The van der Waals surface area contributed by atoms with E-state index >= 15 is 0 Å². The van der Waals surface area contributed by atoms with Crippen LogP contribution < -0.4 is 5.32 Å². The molecule has 0 bridgehead atoms. The number of hydrogen-bond donors (Lipinski definition) is 1. The van der Waals surface area contributed by atoms with Crippen LogP contribution >= 0.6 is 11.3 Å². The molecule has 1 amide bonds. The van der Waals surface area contributed by atoms with E-state index in [0.717, 1.165) is 11.3 Å². The lowest BCUT2D eigenvalue weighted by molar-refractivity contribution is -0.117. The number of carbonyl (C=O) groups excluding carboxylic acids is 1. The molecule has 0 atom stereocenters. The van der Waals surface area contributed by atoms with Crippen LogP contribution in [-0.4, -0.2) is 34.1 Å². The number of aromatic nitrogens is 2. The summed E-state index contributed by atoms with van der Waals surface area (Å²) in [6, 6.07) is 12.9. The average Bonchev–Trinajstić information content (AvgIpc) is 3.34. The number of rotatable bonds is 8. The number of amides is 1. The molecule has 0 saturated heterocycles. The third-order valence-corrected chi connectivity index (χ3v) is 4.64. The smallest absolute Gasteiger partial charge is 0.257 e. The molecule has 3 aromatic rings. The SMILES string of the molecule is CCCN(CC(=O)Nc1ccccc1C#N)Cc1nnc(-c2cccs2)o1. The fourth-order valence-electron chi connectivity index (χ4n) is 2.62. The number of hydrogen-bond acceptors (Lipinski definition) is 7. The first-order valence-corrected chi connectivity index (χ1v) is 9.45. The van der Waals surface area contributed by atoms with Gasteiger partial charge in [0.05, 0.1) is 29.2 Å². The lowest BCUT2D eigenvalue weighted by Crippen LogP contribution is -2.33. The van der Waals surface area contributed by atoms with Crippen molar-refractivity contribution in [3.05, 3.63) is 53.2 Å². The first kappa shape index (κ1) is 18.8. The van der Waals surface area contributed by atoms with Crippen LogP contribution in [0.3, 0.4) is 0 Å². The number of nitrogens with one attached hydrogen (secondary N) is 1. The van der Waals surface area contributed by atoms with Gasteiger partial charge >= 0.3 is 0 Å². The van der Waals surface area contributed by atoms with E-state index in [2.05, 4.69) is 21.6 Å². The normalized spacial score (nSPS) is 10.7. The second-order valence-electron chi connectivity index (χ2n) is 5.89. The van der Waals surface area contributed by atoms with E-state index in [4.69, 9.17) is 9.68 Å². The van der Waals surface area contributed by atoms with Gasteiger partial charge in [-0.05, 0) is 36.5 Å². The Morgan fingerprint density at radius 2 is 2.15 bits per heavy atom. The summed E-state index contributed by atoms with van der Waals surface area (Å²) in [7, 11) is 0. The van der Waals surface area contributed by atoms with Crippen LogP contribution in [0.4, 0.5) is 5.69 Å². The molecule has 1 N–H and O–H groups in total. The number of para-hydroxylation sites is 1. The van der Waals surface area contributed by atoms with Gasteiger partial charge in [0, 0.05) is 0 Å². The molecule has 0 saturated carbocycles. The quantitative estimate of drug-likeness (QED) is 0.641. The van der Waals surface area contributed by atoms with Gasteiger partial charge in [-0.1, -0.05) is 25.1 Å². The van der Waals surface area contributed by atoms with Gasteiger partial charge in [-0.15, -0.1) is 21.5 Å². The minimum Gasteiger partial charge on any atom is -0.419 e. The van der Waals surface area contributed by atoms with Gasteiger partial charge in [-0.3, -0.25) is 9.69 Å². The molecule has 2 aromatic heterocycles. The first-order valence-electron chi connectivity index (χ1n) is 8.57. The Morgan fingerprint density at radius 1 is 1.30 bits per heavy atom. The summed E-state index contributed by atoms with van der Waals surface area (Å²) in [6.45, 7) is 3.31. The van der Waals surface area contributed by atoms with Gasteiger partial charge in [-0.2, -0.15) is 5.26 Å². The van der Waals surface area contributed by atoms with Crippen molar-refractivity contribution >= 4 is 22.9 Å². The number of benzene rings is 1. The Hall–Kier alpha value is -3.02.